The van der Waals surface area contributed by atoms with Gasteiger partial charge in [0.05, 0.1) is 6.54 Å². The van der Waals surface area contributed by atoms with Crippen molar-refractivity contribution in [2.45, 2.75) is 46.2 Å². The van der Waals surface area contributed by atoms with E-state index in [0.29, 0.717) is 25.1 Å². The van der Waals surface area contributed by atoms with Gasteiger partial charge in [0, 0.05) is 37.7 Å². The lowest BCUT2D eigenvalue weighted by Crippen LogP contribution is -2.42. The van der Waals surface area contributed by atoms with Gasteiger partial charge in [0.2, 0.25) is 11.8 Å². The molecular formula is C19H27N3O3. The summed E-state index contributed by atoms with van der Waals surface area (Å²) in [6.07, 6.45) is 1.50. The summed E-state index contributed by atoms with van der Waals surface area (Å²) in [5, 5.41) is 2.80. The van der Waals surface area contributed by atoms with Gasteiger partial charge in [0.15, 0.2) is 0 Å². The van der Waals surface area contributed by atoms with Gasteiger partial charge in [-0.25, -0.2) is 0 Å². The standard InChI is InChI=1S/C19H27N3O3/c1-4-21(13-17(23)20-14(2)3)19(25)16-8-5-7-15(11-16)12-22-10-6-9-18(22)24/h5,7-8,11,14H,4,6,9-10,12-13H2,1-3H3,(H,20,23). The highest BCUT2D eigenvalue weighted by molar-refractivity contribution is 5.96. The van der Waals surface area contributed by atoms with Crippen LogP contribution in [-0.2, 0) is 16.1 Å². The second-order valence-corrected chi connectivity index (χ2v) is 6.66. The van der Waals surface area contributed by atoms with Crippen LogP contribution in [0, 0.1) is 0 Å². The van der Waals surface area contributed by atoms with Gasteiger partial charge in [-0.1, -0.05) is 12.1 Å². The predicted molar refractivity (Wildman–Crippen MR) is 95.9 cm³/mol. The van der Waals surface area contributed by atoms with Crippen molar-refractivity contribution < 1.29 is 14.4 Å². The topological polar surface area (TPSA) is 69.7 Å². The zero-order valence-corrected chi connectivity index (χ0v) is 15.2. The van der Waals surface area contributed by atoms with Crippen LogP contribution < -0.4 is 5.32 Å². The summed E-state index contributed by atoms with van der Waals surface area (Å²) in [4.78, 5) is 39.8. The fraction of sp³-hybridized carbons (Fsp3) is 0.526. The normalized spacial score (nSPS) is 14.1. The average Bonchev–Trinajstić information content (AvgIpc) is 2.96. The molecule has 3 amide bonds. The molecular weight excluding hydrogens is 318 g/mol. The Hall–Kier alpha value is -2.37. The largest absolute Gasteiger partial charge is 0.352 e. The molecule has 1 N–H and O–H groups in total. The number of carbonyl (C=O) groups excluding carboxylic acids is 3. The monoisotopic (exact) mass is 345 g/mol. The summed E-state index contributed by atoms with van der Waals surface area (Å²) in [7, 11) is 0. The third-order valence-electron chi connectivity index (χ3n) is 4.17. The summed E-state index contributed by atoms with van der Waals surface area (Å²) >= 11 is 0. The number of rotatable bonds is 7. The summed E-state index contributed by atoms with van der Waals surface area (Å²) < 4.78 is 0. The first kappa shape index (κ1) is 19.0. The number of nitrogens with one attached hydrogen (secondary N) is 1. The SMILES string of the molecule is CCN(CC(=O)NC(C)C)C(=O)c1cccc(CN2CCCC2=O)c1. The number of carbonyl (C=O) groups is 3. The van der Waals surface area contributed by atoms with Crippen LogP contribution in [0.3, 0.4) is 0 Å². The molecule has 1 aliphatic heterocycles. The van der Waals surface area contributed by atoms with Crippen molar-refractivity contribution in [1.29, 1.82) is 0 Å². The molecule has 1 aliphatic rings. The Morgan fingerprint density at radius 3 is 2.68 bits per heavy atom. The Bertz CT molecular complexity index is 643. The highest BCUT2D eigenvalue weighted by atomic mass is 16.2. The number of benzene rings is 1. The maximum atomic E-state index is 12.7. The molecule has 6 heteroatoms. The molecule has 0 aliphatic carbocycles. The lowest BCUT2D eigenvalue weighted by Gasteiger charge is -2.22. The van der Waals surface area contributed by atoms with Crippen LogP contribution in [0.5, 0.6) is 0 Å². The third-order valence-corrected chi connectivity index (χ3v) is 4.17. The van der Waals surface area contributed by atoms with Crippen molar-refractivity contribution in [3.8, 4) is 0 Å². The number of likely N-dealkylation sites (N-methyl/N-ethyl adjacent to an activating group) is 1. The van der Waals surface area contributed by atoms with E-state index >= 15 is 0 Å². The fourth-order valence-electron chi connectivity index (χ4n) is 2.95. The van der Waals surface area contributed by atoms with Crippen molar-refractivity contribution >= 4 is 17.7 Å². The smallest absolute Gasteiger partial charge is 0.254 e. The Labute approximate surface area is 149 Å². The molecule has 1 aromatic rings. The first-order chi connectivity index (χ1) is 11.9. The van der Waals surface area contributed by atoms with Crippen molar-refractivity contribution in [3.63, 3.8) is 0 Å². The molecule has 1 heterocycles. The van der Waals surface area contributed by atoms with Gasteiger partial charge in [-0.3, -0.25) is 14.4 Å². The van der Waals surface area contributed by atoms with Crippen LogP contribution >= 0.6 is 0 Å². The predicted octanol–water partition coefficient (Wildman–Crippen LogP) is 1.80. The molecule has 1 aromatic carbocycles. The van der Waals surface area contributed by atoms with Crippen LogP contribution in [0.2, 0.25) is 0 Å². The number of likely N-dealkylation sites (tertiary alicyclic amines) is 1. The van der Waals surface area contributed by atoms with E-state index in [1.807, 2.05) is 43.9 Å². The van der Waals surface area contributed by atoms with Crippen LogP contribution in [0.25, 0.3) is 0 Å². The van der Waals surface area contributed by atoms with E-state index in [2.05, 4.69) is 5.32 Å². The zero-order valence-electron chi connectivity index (χ0n) is 15.2. The minimum atomic E-state index is -0.170. The first-order valence-corrected chi connectivity index (χ1v) is 8.86. The molecule has 2 rings (SSSR count). The van der Waals surface area contributed by atoms with Gasteiger partial charge >= 0.3 is 0 Å². The van der Waals surface area contributed by atoms with Crippen molar-refractivity contribution in [2.75, 3.05) is 19.6 Å². The molecule has 0 unspecified atom stereocenters. The van der Waals surface area contributed by atoms with E-state index in [0.717, 1.165) is 18.5 Å². The number of hydrogen-bond acceptors (Lipinski definition) is 3. The van der Waals surface area contributed by atoms with E-state index < -0.39 is 0 Å². The van der Waals surface area contributed by atoms with Gasteiger partial charge in [-0.15, -0.1) is 0 Å². The Morgan fingerprint density at radius 1 is 1.32 bits per heavy atom. The van der Waals surface area contributed by atoms with Crippen LogP contribution in [0.15, 0.2) is 24.3 Å². The molecule has 0 radical (unpaired) electrons. The maximum absolute atomic E-state index is 12.7. The van der Waals surface area contributed by atoms with E-state index in [4.69, 9.17) is 0 Å². The molecule has 136 valence electrons. The van der Waals surface area contributed by atoms with Crippen molar-refractivity contribution in [2.24, 2.45) is 0 Å². The summed E-state index contributed by atoms with van der Waals surface area (Å²) in [6, 6.07) is 7.36. The minimum absolute atomic E-state index is 0.0440. The van der Waals surface area contributed by atoms with Crippen molar-refractivity contribution in [1.82, 2.24) is 15.1 Å². The first-order valence-electron chi connectivity index (χ1n) is 8.86. The molecule has 6 nitrogen and oxygen atoms in total. The van der Waals surface area contributed by atoms with Gasteiger partial charge < -0.3 is 15.1 Å². The maximum Gasteiger partial charge on any atom is 0.254 e. The highest BCUT2D eigenvalue weighted by Gasteiger charge is 2.21. The molecule has 1 fully saturated rings. The molecule has 0 bridgehead atoms. The minimum Gasteiger partial charge on any atom is -0.352 e. The Balaban J connectivity index is 2.05. The second kappa shape index (κ2) is 8.65. The summed E-state index contributed by atoms with van der Waals surface area (Å²) in [5.74, 6) is -0.169. The van der Waals surface area contributed by atoms with Crippen LogP contribution in [0.4, 0.5) is 0 Å². The fourth-order valence-corrected chi connectivity index (χ4v) is 2.95. The van der Waals surface area contributed by atoms with Gasteiger partial charge in [0.25, 0.3) is 5.91 Å². The van der Waals surface area contributed by atoms with Gasteiger partial charge in [-0.2, -0.15) is 0 Å². The molecule has 1 saturated heterocycles. The molecule has 25 heavy (non-hydrogen) atoms. The Kier molecular flexibility index (Phi) is 6.56. The van der Waals surface area contributed by atoms with Crippen molar-refractivity contribution in [3.05, 3.63) is 35.4 Å². The molecule has 0 atom stereocenters. The van der Waals surface area contributed by atoms with Crippen LogP contribution in [-0.4, -0.2) is 53.2 Å². The summed E-state index contributed by atoms with van der Waals surface area (Å²) in [5.41, 5.74) is 1.48. The van der Waals surface area contributed by atoms with Gasteiger partial charge in [-0.05, 0) is 44.9 Å². The zero-order chi connectivity index (χ0) is 18.4. The van der Waals surface area contributed by atoms with E-state index in [1.165, 1.54) is 4.90 Å². The van der Waals surface area contributed by atoms with Gasteiger partial charge in [0.1, 0.15) is 0 Å². The number of amides is 3. The summed E-state index contributed by atoms with van der Waals surface area (Å²) in [6.45, 7) is 7.43. The average molecular weight is 345 g/mol. The molecule has 0 saturated carbocycles. The molecule has 0 aromatic heterocycles. The lowest BCUT2D eigenvalue weighted by atomic mass is 10.1. The number of hydrogen-bond donors (Lipinski definition) is 1. The third kappa shape index (κ3) is 5.31. The van der Waals surface area contributed by atoms with E-state index in [1.54, 1.807) is 6.07 Å². The lowest BCUT2D eigenvalue weighted by molar-refractivity contribution is -0.128. The Morgan fingerprint density at radius 2 is 2.08 bits per heavy atom. The second-order valence-electron chi connectivity index (χ2n) is 6.66. The quantitative estimate of drug-likeness (QED) is 0.819. The highest BCUT2D eigenvalue weighted by Crippen LogP contribution is 2.16. The number of nitrogens with zero attached hydrogens (tertiary/aromatic N) is 2. The van der Waals surface area contributed by atoms with Crippen LogP contribution in [0.1, 0.15) is 49.5 Å². The molecule has 0 spiro atoms. The van der Waals surface area contributed by atoms with E-state index in [9.17, 15) is 14.4 Å². The van der Waals surface area contributed by atoms with E-state index in [-0.39, 0.29) is 30.3 Å².